The van der Waals surface area contributed by atoms with Crippen LogP contribution in [0.15, 0.2) is 0 Å². The lowest BCUT2D eigenvalue weighted by atomic mass is 10.0. The number of carbonyl (C=O) groups excluding carboxylic acids is 1. The van der Waals surface area contributed by atoms with E-state index in [4.69, 9.17) is 5.73 Å². The van der Waals surface area contributed by atoms with Crippen molar-refractivity contribution in [2.24, 2.45) is 5.73 Å². The van der Waals surface area contributed by atoms with Crippen molar-refractivity contribution in [3.63, 3.8) is 0 Å². The molecule has 1 fully saturated rings. The van der Waals surface area contributed by atoms with Crippen molar-refractivity contribution >= 4 is 5.91 Å². The lowest BCUT2D eigenvalue weighted by Crippen LogP contribution is -2.46. The van der Waals surface area contributed by atoms with Crippen LogP contribution in [0, 0.1) is 0 Å². The summed E-state index contributed by atoms with van der Waals surface area (Å²) in [7, 11) is 6.15. The largest absolute Gasteiger partial charge is 0.343 e. The second-order valence-corrected chi connectivity index (χ2v) is 5.56. The highest BCUT2D eigenvalue weighted by molar-refractivity contribution is 5.80. The monoisotopic (exact) mass is 256 g/mol. The van der Waals surface area contributed by atoms with Crippen LogP contribution < -0.4 is 5.73 Å². The number of hydrogen-bond acceptors (Lipinski definition) is 4. The quantitative estimate of drug-likeness (QED) is 0.741. The first-order valence-electron chi connectivity index (χ1n) is 6.81. The van der Waals surface area contributed by atoms with Crippen molar-refractivity contribution in [1.82, 2.24) is 14.7 Å². The van der Waals surface area contributed by atoms with E-state index in [1.807, 2.05) is 7.05 Å². The number of hydrogen-bond donors (Lipinski definition) is 1. The Morgan fingerprint density at radius 1 is 1.33 bits per heavy atom. The van der Waals surface area contributed by atoms with Gasteiger partial charge in [0.25, 0.3) is 0 Å². The molecule has 5 nitrogen and oxygen atoms in total. The molecule has 0 aliphatic carbocycles. The molecule has 0 radical (unpaired) electrons. The molecule has 0 aromatic heterocycles. The van der Waals surface area contributed by atoms with Crippen LogP contribution in [-0.2, 0) is 4.79 Å². The predicted octanol–water partition coefficient (Wildman–Crippen LogP) is -0.182. The summed E-state index contributed by atoms with van der Waals surface area (Å²) in [5.41, 5.74) is 5.59. The fourth-order valence-electron chi connectivity index (χ4n) is 2.38. The third-order valence-corrected chi connectivity index (χ3v) is 3.87. The highest BCUT2D eigenvalue weighted by Gasteiger charge is 2.21. The second-order valence-electron chi connectivity index (χ2n) is 5.56. The van der Waals surface area contributed by atoms with E-state index in [9.17, 15) is 4.79 Å². The van der Waals surface area contributed by atoms with Gasteiger partial charge in [-0.25, -0.2) is 0 Å². The summed E-state index contributed by atoms with van der Waals surface area (Å²) in [4.78, 5) is 18.1. The zero-order valence-electron chi connectivity index (χ0n) is 12.2. The highest BCUT2D eigenvalue weighted by atomic mass is 16.2. The van der Waals surface area contributed by atoms with Gasteiger partial charge < -0.3 is 20.4 Å². The molecule has 0 unspecified atom stereocenters. The molecule has 0 bridgehead atoms. The van der Waals surface area contributed by atoms with Crippen molar-refractivity contribution in [1.29, 1.82) is 0 Å². The molecule has 0 spiro atoms. The third-order valence-electron chi connectivity index (χ3n) is 3.87. The first-order chi connectivity index (χ1) is 8.41. The molecular formula is C13H28N4O. The lowest BCUT2D eigenvalue weighted by Gasteiger charge is -2.35. The maximum Gasteiger partial charge on any atom is 0.238 e. The van der Waals surface area contributed by atoms with E-state index in [1.54, 1.807) is 11.8 Å². The molecule has 1 aliphatic rings. The number of nitrogens with two attached hydrogens (primary N) is 1. The molecule has 2 N–H and O–H groups in total. The zero-order chi connectivity index (χ0) is 13.7. The van der Waals surface area contributed by atoms with Gasteiger partial charge in [0, 0.05) is 26.2 Å². The third kappa shape index (κ3) is 4.55. The predicted molar refractivity (Wildman–Crippen MR) is 74.4 cm³/mol. The van der Waals surface area contributed by atoms with Gasteiger partial charge in [-0.2, -0.15) is 0 Å². The summed E-state index contributed by atoms with van der Waals surface area (Å²) in [5.74, 6) is 0.0202. The van der Waals surface area contributed by atoms with Gasteiger partial charge in [0.05, 0.1) is 6.04 Å². The number of carbonyl (C=O) groups is 1. The highest BCUT2D eigenvalue weighted by Crippen LogP contribution is 2.13. The SMILES string of the molecule is C[C@@H](N)C(=O)N(C)CCN(C)C1CCN(C)CC1. The van der Waals surface area contributed by atoms with Crippen molar-refractivity contribution < 1.29 is 4.79 Å². The van der Waals surface area contributed by atoms with Gasteiger partial charge in [-0.15, -0.1) is 0 Å². The fraction of sp³-hybridized carbons (Fsp3) is 0.923. The lowest BCUT2D eigenvalue weighted by molar-refractivity contribution is -0.131. The minimum atomic E-state index is -0.399. The first kappa shape index (κ1) is 15.4. The second kappa shape index (κ2) is 7.07. The molecule has 0 aromatic rings. The van der Waals surface area contributed by atoms with E-state index in [2.05, 4.69) is 23.9 Å². The van der Waals surface area contributed by atoms with Gasteiger partial charge >= 0.3 is 0 Å². The molecule has 1 aliphatic heterocycles. The summed E-state index contributed by atoms with van der Waals surface area (Å²) in [5, 5.41) is 0. The van der Waals surface area contributed by atoms with Crippen LogP contribution in [-0.4, -0.2) is 80.0 Å². The van der Waals surface area contributed by atoms with E-state index in [-0.39, 0.29) is 5.91 Å². The molecular weight excluding hydrogens is 228 g/mol. The summed E-state index contributed by atoms with van der Waals surface area (Å²) in [6.45, 7) is 5.75. The molecule has 0 saturated carbocycles. The number of piperidine rings is 1. The Morgan fingerprint density at radius 3 is 2.39 bits per heavy atom. The van der Waals surface area contributed by atoms with Crippen LogP contribution in [0.3, 0.4) is 0 Å². The number of rotatable bonds is 5. The van der Waals surface area contributed by atoms with Gasteiger partial charge in [0.1, 0.15) is 0 Å². The van der Waals surface area contributed by atoms with Crippen molar-refractivity contribution in [2.45, 2.75) is 31.8 Å². The van der Waals surface area contributed by atoms with E-state index >= 15 is 0 Å². The molecule has 18 heavy (non-hydrogen) atoms. The molecule has 0 aromatic carbocycles. The maximum atomic E-state index is 11.7. The van der Waals surface area contributed by atoms with E-state index in [1.165, 1.54) is 25.9 Å². The van der Waals surface area contributed by atoms with Gasteiger partial charge in [0.2, 0.25) is 5.91 Å². The van der Waals surface area contributed by atoms with Gasteiger partial charge in [-0.05, 0) is 47.0 Å². The van der Waals surface area contributed by atoms with Crippen molar-refractivity contribution in [2.75, 3.05) is 47.3 Å². The summed E-state index contributed by atoms with van der Waals surface area (Å²) in [6.07, 6.45) is 2.44. The van der Waals surface area contributed by atoms with Crippen LogP contribution in [0.25, 0.3) is 0 Å². The number of nitrogens with zero attached hydrogens (tertiary/aromatic N) is 3. The summed E-state index contributed by atoms with van der Waals surface area (Å²) < 4.78 is 0. The minimum absolute atomic E-state index is 0.0202. The van der Waals surface area contributed by atoms with Crippen LogP contribution in [0.5, 0.6) is 0 Å². The summed E-state index contributed by atoms with van der Waals surface area (Å²) >= 11 is 0. The molecule has 1 saturated heterocycles. The Balaban J connectivity index is 2.28. The molecule has 1 atom stereocenters. The summed E-state index contributed by atoms with van der Waals surface area (Å²) in [6, 6.07) is 0.253. The first-order valence-corrected chi connectivity index (χ1v) is 6.81. The smallest absolute Gasteiger partial charge is 0.238 e. The Bertz CT molecular complexity index is 262. The van der Waals surface area contributed by atoms with Crippen LogP contribution in [0.1, 0.15) is 19.8 Å². The van der Waals surface area contributed by atoms with Gasteiger partial charge in [-0.1, -0.05) is 0 Å². The molecule has 106 valence electrons. The molecule has 1 heterocycles. The van der Waals surface area contributed by atoms with Crippen LogP contribution in [0.2, 0.25) is 0 Å². The average molecular weight is 256 g/mol. The van der Waals surface area contributed by atoms with Crippen molar-refractivity contribution in [3.05, 3.63) is 0 Å². The van der Waals surface area contributed by atoms with Crippen molar-refractivity contribution in [3.8, 4) is 0 Å². The molecule has 1 amide bonds. The minimum Gasteiger partial charge on any atom is -0.343 e. The fourth-order valence-corrected chi connectivity index (χ4v) is 2.38. The number of amides is 1. The number of likely N-dealkylation sites (N-methyl/N-ethyl adjacent to an activating group) is 2. The standard InChI is InChI=1S/C13H28N4O/c1-11(14)13(18)17(4)10-9-16(3)12-5-7-15(2)8-6-12/h11-12H,5-10,14H2,1-4H3/t11-/m1/s1. The van der Waals surface area contributed by atoms with E-state index in [0.29, 0.717) is 6.04 Å². The Hall–Kier alpha value is -0.650. The van der Waals surface area contributed by atoms with Gasteiger partial charge in [0.15, 0.2) is 0 Å². The van der Waals surface area contributed by atoms with Crippen LogP contribution in [0.4, 0.5) is 0 Å². The van der Waals surface area contributed by atoms with Crippen LogP contribution >= 0.6 is 0 Å². The average Bonchev–Trinajstić information content (AvgIpc) is 2.35. The van der Waals surface area contributed by atoms with Gasteiger partial charge in [-0.3, -0.25) is 4.79 Å². The van der Waals surface area contributed by atoms with E-state index in [0.717, 1.165) is 13.1 Å². The zero-order valence-corrected chi connectivity index (χ0v) is 12.2. The number of likely N-dealkylation sites (tertiary alicyclic amines) is 1. The Morgan fingerprint density at radius 2 is 1.89 bits per heavy atom. The Labute approximate surface area is 111 Å². The topological polar surface area (TPSA) is 52.8 Å². The molecule has 5 heteroatoms. The molecule has 1 rings (SSSR count). The van der Waals surface area contributed by atoms with E-state index < -0.39 is 6.04 Å². The maximum absolute atomic E-state index is 11.7. The normalized spacial score (nSPS) is 20.1. The Kier molecular flexibility index (Phi) is 6.05.